The molecule has 0 saturated heterocycles. The van der Waals surface area contributed by atoms with Crippen molar-refractivity contribution < 1.29 is 29.0 Å². The average molecular weight is 524 g/mol. The molecule has 0 aromatic carbocycles. The summed E-state index contributed by atoms with van der Waals surface area (Å²) in [5.41, 5.74) is 0. The van der Waals surface area contributed by atoms with Crippen LogP contribution in [-0.2, 0) is 23.9 Å². The van der Waals surface area contributed by atoms with Gasteiger partial charge in [0.1, 0.15) is 20.1 Å². The molecule has 0 aliphatic heterocycles. The number of hydrogen-bond donors (Lipinski definition) is 1. The van der Waals surface area contributed by atoms with Crippen molar-refractivity contribution in [3.8, 4) is 0 Å². The molecule has 0 spiro atoms. The van der Waals surface area contributed by atoms with Crippen LogP contribution in [0.5, 0.6) is 0 Å². The molecule has 1 aliphatic rings. The highest BCUT2D eigenvalue weighted by atomic mass is 127. The second kappa shape index (κ2) is 8.49. The molecule has 1 fully saturated rings. The molecule has 4 atom stereocenters. The third-order valence-corrected chi connectivity index (χ3v) is 4.20. The number of aliphatic carboxylic acids is 1. The molecule has 0 heterocycles. The van der Waals surface area contributed by atoms with Gasteiger partial charge >= 0.3 is 17.9 Å². The molecule has 0 bridgehead atoms. The Kier molecular flexibility index (Phi) is 7.65. The van der Waals surface area contributed by atoms with Crippen LogP contribution in [0.25, 0.3) is 0 Å². The minimum Gasteiger partial charge on any atom is -0.481 e. The summed E-state index contributed by atoms with van der Waals surface area (Å²) in [6.07, 6.45) is -0.163. The minimum atomic E-state index is -0.957. The number of carboxylic acids is 1. The number of rotatable bonds is 5. The Balaban J connectivity index is 2.70. The van der Waals surface area contributed by atoms with Gasteiger partial charge in [0.15, 0.2) is 0 Å². The van der Waals surface area contributed by atoms with Gasteiger partial charge in [0.2, 0.25) is 0 Å². The molecular formula is C13H18I2O6. The van der Waals surface area contributed by atoms with Crippen LogP contribution in [0.4, 0.5) is 0 Å². The van der Waals surface area contributed by atoms with E-state index in [1.165, 1.54) is 0 Å². The fraction of sp³-hybridized carbons (Fsp3) is 0.769. The van der Waals surface area contributed by atoms with Crippen LogP contribution < -0.4 is 0 Å². The summed E-state index contributed by atoms with van der Waals surface area (Å²) in [7, 11) is 0. The molecule has 0 aromatic rings. The summed E-state index contributed by atoms with van der Waals surface area (Å²) in [5.74, 6) is -2.37. The number of carbonyl (C=O) groups is 3. The molecule has 1 aliphatic carbocycles. The lowest BCUT2D eigenvalue weighted by Crippen LogP contribution is -2.39. The van der Waals surface area contributed by atoms with E-state index < -0.39 is 24.1 Å². The molecule has 0 aromatic heterocycles. The standard InChI is InChI=1S/C13H18I2O6/c1-6(14)12(18)20-9-3-8(11(16)17)4-10(5-9)21-13(19)7(2)15/h6-10H,3-5H2,1-2H3,(H,16,17). The van der Waals surface area contributed by atoms with Gasteiger partial charge in [0.25, 0.3) is 0 Å². The summed E-state index contributed by atoms with van der Waals surface area (Å²) in [6, 6.07) is 0. The monoisotopic (exact) mass is 524 g/mol. The highest BCUT2D eigenvalue weighted by molar-refractivity contribution is 14.1. The SMILES string of the molecule is CC(I)C(=O)OC1CC(OC(=O)C(C)I)CC(C(=O)O)C1. The van der Waals surface area contributed by atoms with Gasteiger partial charge in [-0.05, 0) is 26.7 Å². The number of carbonyl (C=O) groups excluding carboxylic acids is 2. The maximum Gasteiger partial charge on any atom is 0.318 e. The van der Waals surface area contributed by atoms with E-state index >= 15 is 0 Å². The molecule has 8 heteroatoms. The van der Waals surface area contributed by atoms with Crippen molar-refractivity contribution in [3.63, 3.8) is 0 Å². The van der Waals surface area contributed by atoms with Crippen molar-refractivity contribution in [2.45, 2.75) is 53.2 Å². The molecule has 1 saturated carbocycles. The van der Waals surface area contributed by atoms with Crippen molar-refractivity contribution in [1.82, 2.24) is 0 Å². The van der Waals surface area contributed by atoms with Gasteiger partial charge in [-0.2, -0.15) is 0 Å². The van der Waals surface area contributed by atoms with Gasteiger partial charge in [-0.15, -0.1) is 0 Å². The first-order valence-electron chi connectivity index (χ1n) is 6.62. The molecule has 6 nitrogen and oxygen atoms in total. The zero-order chi connectivity index (χ0) is 16.2. The summed E-state index contributed by atoms with van der Waals surface area (Å²) >= 11 is 3.88. The van der Waals surface area contributed by atoms with Gasteiger partial charge in [-0.3, -0.25) is 14.4 Å². The number of carboxylic acid groups (broad SMARTS) is 1. The first-order chi connectivity index (χ1) is 9.70. The van der Waals surface area contributed by atoms with Gasteiger partial charge in [-0.25, -0.2) is 0 Å². The number of hydrogen-bond acceptors (Lipinski definition) is 5. The van der Waals surface area contributed by atoms with Crippen molar-refractivity contribution in [1.29, 1.82) is 0 Å². The Bertz CT molecular complexity index is 379. The van der Waals surface area contributed by atoms with Crippen molar-refractivity contribution in [2.75, 3.05) is 0 Å². The van der Waals surface area contributed by atoms with Crippen LogP contribution in [0.15, 0.2) is 0 Å². The highest BCUT2D eigenvalue weighted by Crippen LogP contribution is 2.30. The second-order valence-electron chi connectivity index (χ2n) is 5.09. The lowest BCUT2D eigenvalue weighted by molar-refractivity contribution is -0.165. The van der Waals surface area contributed by atoms with E-state index in [1.54, 1.807) is 13.8 Å². The molecule has 21 heavy (non-hydrogen) atoms. The van der Waals surface area contributed by atoms with Crippen LogP contribution >= 0.6 is 45.2 Å². The van der Waals surface area contributed by atoms with Crippen LogP contribution in [0.2, 0.25) is 0 Å². The molecule has 1 N–H and O–H groups in total. The quantitative estimate of drug-likeness (QED) is 0.338. The van der Waals surface area contributed by atoms with Gasteiger partial charge in [-0.1, -0.05) is 45.2 Å². The molecule has 120 valence electrons. The molecule has 1 rings (SSSR count). The minimum absolute atomic E-state index is 0.262. The normalized spacial score (nSPS) is 28.3. The molecule has 4 unspecified atom stereocenters. The maximum absolute atomic E-state index is 11.6. The van der Waals surface area contributed by atoms with Crippen molar-refractivity contribution >= 4 is 63.1 Å². The number of alkyl halides is 2. The zero-order valence-corrected chi connectivity index (χ0v) is 16.1. The number of esters is 2. The Morgan fingerprint density at radius 1 is 0.952 bits per heavy atom. The van der Waals surface area contributed by atoms with E-state index in [4.69, 9.17) is 9.47 Å². The fourth-order valence-electron chi connectivity index (χ4n) is 2.13. The largest absolute Gasteiger partial charge is 0.481 e. The first-order valence-corrected chi connectivity index (χ1v) is 9.11. The van der Waals surface area contributed by atoms with E-state index in [9.17, 15) is 19.5 Å². The van der Waals surface area contributed by atoms with Gasteiger partial charge in [0.05, 0.1) is 5.92 Å². The van der Waals surface area contributed by atoms with E-state index in [2.05, 4.69) is 0 Å². The molecule has 0 amide bonds. The van der Waals surface area contributed by atoms with Crippen LogP contribution in [0.1, 0.15) is 33.1 Å². The first kappa shape index (κ1) is 18.9. The van der Waals surface area contributed by atoms with Crippen molar-refractivity contribution in [2.24, 2.45) is 5.92 Å². The summed E-state index contributed by atoms with van der Waals surface area (Å²) in [6.45, 7) is 3.41. The van der Waals surface area contributed by atoms with Crippen LogP contribution in [-0.4, -0.2) is 43.1 Å². The molecular weight excluding hydrogens is 506 g/mol. The summed E-state index contributed by atoms with van der Waals surface area (Å²) in [4.78, 5) is 34.5. The van der Waals surface area contributed by atoms with E-state index in [-0.39, 0.29) is 32.6 Å². The van der Waals surface area contributed by atoms with Gasteiger partial charge < -0.3 is 14.6 Å². The second-order valence-corrected chi connectivity index (χ2v) is 8.83. The fourth-order valence-corrected chi connectivity index (χ4v) is 2.42. The lowest BCUT2D eigenvalue weighted by Gasteiger charge is -2.32. The summed E-state index contributed by atoms with van der Waals surface area (Å²) < 4.78 is 10.00. The average Bonchev–Trinajstić information content (AvgIpc) is 2.37. The highest BCUT2D eigenvalue weighted by Gasteiger charge is 2.37. The Labute approximate surface area is 150 Å². The maximum atomic E-state index is 11.6. The molecule has 0 radical (unpaired) electrons. The summed E-state index contributed by atoms with van der Waals surface area (Å²) in [5, 5.41) is 9.18. The predicted molar refractivity (Wildman–Crippen MR) is 91.7 cm³/mol. The zero-order valence-electron chi connectivity index (χ0n) is 11.8. The Morgan fingerprint density at radius 3 is 1.62 bits per heavy atom. The topological polar surface area (TPSA) is 89.9 Å². The third-order valence-electron chi connectivity index (χ3n) is 3.19. The van der Waals surface area contributed by atoms with Crippen LogP contribution in [0, 0.1) is 5.92 Å². The smallest absolute Gasteiger partial charge is 0.318 e. The van der Waals surface area contributed by atoms with Gasteiger partial charge in [0, 0.05) is 6.42 Å². The van der Waals surface area contributed by atoms with E-state index in [1.807, 2.05) is 45.2 Å². The third kappa shape index (κ3) is 6.25. The van der Waals surface area contributed by atoms with Crippen molar-refractivity contribution in [3.05, 3.63) is 0 Å². The number of ether oxygens (including phenoxy) is 2. The Morgan fingerprint density at radius 2 is 1.33 bits per heavy atom. The Hall–Kier alpha value is -0.130. The van der Waals surface area contributed by atoms with E-state index in [0.29, 0.717) is 6.42 Å². The predicted octanol–water partition coefficient (Wildman–Crippen LogP) is 2.34. The lowest BCUT2D eigenvalue weighted by atomic mass is 9.85. The van der Waals surface area contributed by atoms with Crippen LogP contribution in [0.3, 0.4) is 0 Å². The number of halogens is 2. The van der Waals surface area contributed by atoms with E-state index in [0.717, 1.165) is 0 Å².